The van der Waals surface area contributed by atoms with Gasteiger partial charge >= 0.3 is 0 Å². The number of hydrogen-bond acceptors (Lipinski definition) is 3. The Kier molecular flexibility index (Phi) is 5.79. The van der Waals surface area contributed by atoms with Crippen LogP contribution >= 0.6 is 15.9 Å². The molecule has 2 aromatic carbocycles. The Labute approximate surface area is 162 Å². The van der Waals surface area contributed by atoms with E-state index in [0.717, 1.165) is 15.7 Å². The van der Waals surface area contributed by atoms with Gasteiger partial charge < -0.3 is 5.32 Å². The number of halogens is 1. The Bertz CT molecular complexity index is 880. The highest BCUT2D eigenvalue weighted by atomic mass is 79.9. The molecule has 1 amide bonds. The number of hydrogen-bond donors (Lipinski definition) is 1. The maximum atomic E-state index is 12.8. The van der Waals surface area contributed by atoms with Crippen molar-refractivity contribution >= 4 is 37.5 Å². The number of carbonyl (C=O) groups is 1. The fourth-order valence-corrected chi connectivity index (χ4v) is 4.80. The smallest absolute Gasteiger partial charge is 0.243 e. The summed E-state index contributed by atoms with van der Waals surface area (Å²) in [6, 6.07) is 14.1. The van der Waals surface area contributed by atoms with E-state index in [0.29, 0.717) is 19.4 Å². The number of aryl methyl sites for hydroxylation is 1. The minimum absolute atomic E-state index is 0.135. The third-order valence-electron chi connectivity index (χ3n) is 4.53. The van der Waals surface area contributed by atoms with E-state index in [2.05, 4.69) is 21.2 Å². The Morgan fingerprint density at radius 1 is 1.12 bits per heavy atom. The summed E-state index contributed by atoms with van der Waals surface area (Å²) in [6.07, 6.45) is 1.35. The van der Waals surface area contributed by atoms with Crippen molar-refractivity contribution in [1.29, 1.82) is 0 Å². The van der Waals surface area contributed by atoms with Gasteiger partial charge in [0.25, 0.3) is 0 Å². The van der Waals surface area contributed by atoms with E-state index in [-0.39, 0.29) is 23.3 Å². The molecule has 1 aliphatic rings. The number of nitrogens with zero attached hydrogens (tertiary/aromatic N) is 1. The summed E-state index contributed by atoms with van der Waals surface area (Å²) in [4.78, 5) is 12.8. The molecule has 1 aliphatic heterocycles. The van der Waals surface area contributed by atoms with Crippen molar-refractivity contribution in [2.45, 2.75) is 24.7 Å². The molecule has 1 fully saturated rings. The summed E-state index contributed by atoms with van der Waals surface area (Å²) in [6.45, 7) is 2.63. The largest absolute Gasteiger partial charge is 0.326 e. The molecular formula is C19H21BrN2O3S. The Hall–Kier alpha value is -1.70. The van der Waals surface area contributed by atoms with Gasteiger partial charge in [-0.3, -0.25) is 4.79 Å². The molecule has 0 spiro atoms. The molecule has 1 N–H and O–H groups in total. The molecule has 2 aromatic rings. The summed E-state index contributed by atoms with van der Waals surface area (Å²) in [5.41, 5.74) is 1.85. The molecule has 5 nitrogen and oxygen atoms in total. The second kappa shape index (κ2) is 7.90. The average molecular weight is 437 g/mol. The first kappa shape index (κ1) is 19.1. The van der Waals surface area contributed by atoms with Crippen LogP contribution in [0.5, 0.6) is 0 Å². The van der Waals surface area contributed by atoms with Crippen LogP contribution in [0.3, 0.4) is 0 Å². The highest BCUT2D eigenvalue weighted by Gasteiger charge is 2.33. The van der Waals surface area contributed by atoms with Crippen LogP contribution in [0.4, 0.5) is 5.69 Å². The average Bonchev–Trinajstić information content (AvgIpc) is 2.64. The lowest BCUT2D eigenvalue weighted by atomic mass is 9.98. The highest BCUT2D eigenvalue weighted by molar-refractivity contribution is 9.10. The number of sulfonamides is 1. The van der Waals surface area contributed by atoms with Crippen molar-refractivity contribution in [2.75, 3.05) is 18.4 Å². The normalized spacial score (nSPS) is 18.5. The summed E-state index contributed by atoms with van der Waals surface area (Å²) in [5, 5.41) is 2.89. The molecule has 0 aliphatic carbocycles. The number of carbonyl (C=O) groups excluding carboxylic acids is 1. The van der Waals surface area contributed by atoms with Gasteiger partial charge in [0.15, 0.2) is 0 Å². The van der Waals surface area contributed by atoms with E-state index in [9.17, 15) is 13.2 Å². The van der Waals surface area contributed by atoms with Crippen molar-refractivity contribution in [1.82, 2.24) is 4.31 Å². The molecule has 0 radical (unpaired) electrons. The van der Waals surface area contributed by atoms with Crippen LogP contribution in [0.25, 0.3) is 0 Å². The van der Waals surface area contributed by atoms with E-state index in [1.54, 1.807) is 24.3 Å². The van der Waals surface area contributed by atoms with Gasteiger partial charge in [0.05, 0.1) is 10.8 Å². The standard InChI is InChI=1S/C19H21BrN2O3S/c1-14-4-8-17(9-5-14)21-19(23)15-3-2-12-22(13-15)26(24,25)18-10-6-16(20)7-11-18/h4-11,15H,2-3,12-13H2,1H3,(H,21,23)/t15-/m1/s1. The maximum Gasteiger partial charge on any atom is 0.243 e. The van der Waals surface area contributed by atoms with E-state index in [1.807, 2.05) is 31.2 Å². The van der Waals surface area contributed by atoms with Crippen molar-refractivity contribution < 1.29 is 13.2 Å². The highest BCUT2D eigenvalue weighted by Crippen LogP contribution is 2.25. The molecule has 0 aromatic heterocycles. The number of rotatable bonds is 4. The second-order valence-corrected chi connectivity index (χ2v) is 9.37. The number of nitrogens with one attached hydrogen (secondary N) is 1. The Morgan fingerprint density at radius 2 is 1.77 bits per heavy atom. The van der Waals surface area contributed by atoms with Gasteiger partial charge in [-0.2, -0.15) is 4.31 Å². The molecule has 1 heterocycles. The third kappa shape index (κ3) is 4.34. The van der Waals surface area contributed by atoms with Crippen molar-refractivity contribution in [3.8, 4) is 0 Å². The molecule has 1 saturated heterocycles. The topological polar surface area (TPSA) is 66.5 Å². The van der Waals surface area contributed by atoms with Gasteiger partial charge in [-0.15, -0.1) is 0 Å². The van der Waals surface area contributed by atoms with Gasteiger partial charge in [0, 0.05) is 23.2 Å². The van der Waals surface area contributed by atoms with Crippen LogP contribution in [0.15, 0.2) is 57.9 Å². The first-order chi connectivity index (χ1) is 12.4. The minimum Gasteiger partial charge on any atom is -0.326 e. The Morgan fingerprint density at radius 3 is 2.42 bits per heavy atom. The monoisotopic (exact) mass is 436 g/mol. The van der Waals surface area contributed by atoms with Crippen LogP contribution in [-0.4, -0.2) is 31.7 Å². The van der Waals surface area contributed by atoms with E-state index in [4.69, 9.17) is 0 Å². The van der Waals surface area contributed by atoms with Gasteiger partial charge in [-0.05, 0) is 56.2 Å². The zero-order valence-corrected chi connectivity index (χ0v) is 16.9. The predicted octanol–water partition coefficient (Wildman–Crippen LogP) is 3.80. The summed E-state index contributed by atoms with van der Waals surface area (Å²) >= 11 is 3.31. The predicted molar refractivity (Wildman–Crippen MR) is 105 cm³/mol. The van der Waals surface area contributed by atoms with Crippen LogP contribution in [0, 0.1) is 12.8 Å². The number of piperidine rings is 1. The van der Waals surface area contributed by atoms with Crippen molar-refractivity contribution in [3.05, 3.63) is 58.6 Å². The summed E-state index contributed by atoms with van der Waals surface area (Å²) < 4.78 is 27.9. The van der Waals surface area contributed by atoms with Crippen LogP contribution < -0.4 is 5.32 Å². The fraction of sp³-hybridized carbons (Fsp3) is 0.316. The molecule has 3 rings (SSSR count). The number of benzene rings is 2. The first-order valence-electron chi connectivity index (χ1n) is 8.49. The molecule has 1 atom stereocenters. The van der Waals surface area contributed by atoms with Crippen LogP contribution in [0.2, 0.25) is 0 Å². The van der Waals surface area contributed by atoms with Crippen molar-refractivity contribution in [3.63, 3.8) is 0 Å². The molecule has 138 valence electrons. The van der Waals surface area contributed by atoms with E-state index < -0.39 is 10.0 Å². The van der Waals surface area contributed by atoms with Gasteiger partial charge in [-0.25, -0.2) is 8.42 Å². The fourth-order valence-electron chi connectivity index (χ4n) is 3.01. The zero-order chi connectivity index (χ0) is 18.7. The second-order valence-electron chi connectivity index (χ2n) is 6.51. The molecule has 0 saturated carbocycles. The molecular weight excluding hydrogens is 416 g/mol. The van der Waals surface area contributed by atoms with Crippen molar-refractivity contribution in [2.24, 2.45) is 5.92 Å². The molecule has 0 bridgehead atoms. The molecule has 0 unspecified atom stereocenters. The quantitative estimate of drug-likeness (QED) is 0.792. The first-order valence-corrected chi connectivity index (χ1v) is 10.7. The SMILES string of the molecule is Cc1ccc(NC(=O)[C@@H]2CCCN(S(=O)(=O)c3ccc(Br)cc3)C2)cc1. The van der Waals surface area contributed by atoms with Gasteiger partial charge in [0.1, 0.15) is 0 Å². The van der Waals surface area contributed by atoms with Gasteiger partial charge in [-0.1, -0.05) is 33.6 Å². The lowest BCUT2D eigenvalue weighted by molar-refractivity contribution is -0.120. The minimum atomic E-state index is -3.59. The van der Waals surface area contributed by atoms with Crippen LogP contribution in [-0.2, 0) is 14.8 Å². The van der Waals surface area contributed by atoms with E-state index >= 15 is 0 Å². The molecule has 26 heavy (non-hydrogen) atoms. The zero-order valence-electron chi connectivity index (χ0n) is 14.5. The number of anilines is 1. The van der Waals surface area contributed by atoms with E-state index in [1.165, 1.54) is 4.31 Å². The lowest BCUT2D eigenvalue weighted by Gasteiger charge is -2.31. The maximum absolute atomic E-state index is 12.8. The Balaban J connectivity index is 1.71. The molecule has 7 heteroatoms. The lowest BCUT2D eigenvalue weighted by Crippen LogP contribution is -2.43. The summed E-state index contributed by atoms with van der Waals surface area (Å²) in [7, 11) is -3.59. The van der Waals surface area contributed by atoms with Crippen LogP contribution in [0.1, 0.15) is 18.4 Å². The van der Waals surface area contributed by atoms with Gasteiger partial charge in [0.2, 0.25) is 15.9 Å². The summed E-state index contributed by atoms with van der Waals surface area (Å²) in [5.74, 6) is -0.486. The third-order valence-corrected chi connectivity index (χ3v) is 6.93. The number of amides is 1.